The summed E-state index contributed by atoms with van der Waals surface area (Å²) >= 11 is 0. The molecule has 0 saturated heterocycles. The molecule has 0 saturated carbocycles. The predicted octanol–water partition coefficient (Wildman–Crippen LogP) is 2.62. The van der Waals surface area contributed by atoms with Crippen LogP contribution in [0.4, 0.5) is 5.82 Å². The van der Waals surface area contributed by atoms with Crippen LogP contribution in [0.25, 0.3) is 0 Å². The molecule has 0 unspecified atom stereocenters. The zero-order valence-electron chi connectivity index (χ0n) is 11.9. The van der Waals surface area contributed by atoms with E-state index in [9.17, 15) is 4.79 Å². The first-order valence-corrected chi connectivity index (χ1v) is 6.83. The van der Waals surface area contributed by atoms with Crippen molar-refractivity contribution in [1.82, 2.24) is 10.3 Å². The number of aromatic nitrogens is 1. The Bertz CT molecular complexity index is 394. The van der Waals surface area contributed by atoms with Crippen LogP contribution in [0.1, 0.15) is 37.0 Å². The summed E-state index contributed by atoms with van der Waals surface area (Å²) in [4.78, 5) is 18.3. The highest BCUT2D eigenvalue weighted by atomic mass is 16.1. The molecule has 0 aliphatic heterocycles. The van der Waals surface area contributed by atoms with Gasteiger partial charge in [-0.05, 0) is 25.0 Å². The highest BCUT2D eigenvalue weighted by Crippen LogP contribution is 2.12. The third-order valence-corrected chi connectivity index (χ3v) is 2.73. The molecule has 0 fully saturated rings. The van der Waals surface area contributed by atoms with Crippen molar-refractivity contribution in [2.45, 2.75) is 26.7 Å². The summed E-state index contributed by atoms with van der Waals surface area (Å²) in [6, 6.07) is 3.73. The highest BCUT2D eigenvalue weighted by molar-refractivity contribution is 5.94. The molecular weight excluding hydrogens is 238 g/mol. The third-order valence-electron chi connectivity index (χ3n) is 2.73. The van der Waals surface area contributed by atoms with Crippen LogP contribution in [-0.4, -0.2) is 30.5 Å². The van der Waals surface area contributed by atoms with Crippen molar-refractivity contribution in [3.63, 3.8) is 0 Å². The van der Waals surface area contributed by atoms with E-state index in [0.717, 1.165) is 31.7 Å². The molecule has 1 N–H and O–H groups in total. The lowest BCUT2D eigenvalue weighted by Crippen LogP contribution is -2.26. The smallest absolute Gasteiger partial charge is 0.253 e. The molecule has 0 aliphatic rings. The number of nitrogens with one attached hydrogen (secondary N) is 1. The van der Waals surface area contributed by atoms with Gasteiger partial charge in [0.05, 0.1) is 5.56 Å². The van der Waals surface area contributed by atoms with Crippen molar-refractivity contribution >= 4 is 11.7 Å². The van der Waals surface area contributed by atoms with E-state index in [0.29, 0.717) is 12.1 Å². The maximum atomic E-state index is 11.7. The number of hydrogen-bond donors (Lipinski definition) is 1. The average Bonchev–Trinajstić information content (AvgIpc) is 2.44. The summed E-state index contributed by atoms with van der Waals surface area (Å²) in [7, 11) is 0. The van der Waals surface area contributed by atoms with Crippen molar-refractivity contribution in [2.24, 2.45) is 0 Å². The molecule has 1 rings (SSSR count). The van der Waals surface area contributed by atoms with Gasteiger partial charge in [-0.25, -0.2) is 4.98 Å². The first-order valence-electron chi connectivity index (χ1n) is 6.83. The van der Waals surface area contributed by atoms with Gasteiger partial charge in [0.1, 0.15) is 5.82 Å². The molecule has 0 radical (unpaired) electrons. The largest absolute Gasteiger partial charge is 0.357 e. The Morgan fingerprint density at radius 1 is 1.37 bits per heavy atom. The minimum Gasteiger partial charge on any atom is -0.357 e. The molecule has 4 heteroatoms. The SMILES string of the molecule is C=CCNC(=O)c1ccc(N(CCC)CCC)nc1. The molecule has 0 aliphatic carbocycles. The van der Waals surface area contributed by atoms with Gasteiger partial charge in [0.2, 0.25) is 0 Å². The second-order valence-corrected chi connectivity index (χ2v) is 4.39. The van der Waals surface area contributed by atoms with E-state index in [1.807, 2.05) is 12.1 Å². The number of amides is 1. The van der Waals surface area contributed by atoms with Gasteiger partial charge in [-0.3, -0.25) is 4.79 Å². The van der Waals surface area contributed by atoms with Crippen LogP contribution in [-0.2, 0) is 0 Å². The van der Waals surface area contributed by atoms with Crippen LogP contribution in [0, 0.1) is 0 Å². The lowest BCUT2D eigenvalue weighted by molar-refractivity contribution is 0.0957. The summed E-state index contributed by atoms with van der Waals surface area (Å²) in [5.74, 6) is 0.820. The van der Waals surface area contributed by atoms with Crippen LogP contribution in [0.15, 0.2) is 31.0 Å². The maximum absolute atomic E-state index is 11.7. The quantitative estimate of drug-likeness (QED) is 0.732. The number of carbonyl (C=O) groups is 1. The molecule has 19 heavy (non-hydrogen) atoms. The average molecular weight is 261 g/mol. The second kappa shape index (κ2) is 8.29. The summed E-state index contributed by atoms with van der Waals surface area (Å²) in [5, 5.41) is 2.74. The lowest BCUT2D eigenvalue weighted by atomic mass is 10.2. The molecule has 0 atom stereocenters. The van der Waals surface area contributed by atoms with Crippen molar-refractivity contribution in [3.05, 3.63) is 36.5 Å². The molecule has 4 nitrogen and oxygen atoms in total. The van der Waals surface area contributed by atoms with Gasteiger partial charge >= 0.3 is 0 Å². The van der Waals surface area contributed by atoms with Gasteiger partial charge in [-0.1, -0.05) is 19.9 Å². The van der Waals surface area contributed by atoms with Crippen LogP contribution < -0.4 is 10.2 Å². The number of nitrogens with zero attached hydrogens (tertiary/aromatic N) is 2. The zero-order chi connectivity index (χ0) is 14.1. The minimum absolute atomic E-state index is 0.114. The number of pyridine rings is 1. The predicted molar refractivity (Wildman–Crippen MR) is 79.6 cm³/mol. The van der Waals surface area contributed by atoms with E-state index < -0.39 is 0 Å². The number of hydrogen-bond acceptors (Lipinski definition) is 3. The summed E-state index contributed by atoms with van der Waals surface area (Å²) in [5.41, 5.74) is 0.582. The normalized spacial score (nSPS) is 10.0. The van der Waals surface area contributed by atoms with Crippen molar-refractivity contribution < 1.29 is 4.79 Å². The van der Waals surface area contributed by atoms with Crippen molar-refractivity contribution in [2.75, 3.05) is 24.5 Å². The standard InChI is InChI=1S/C15H23N3O/c1-4-9-16-15(19)13-7-8-14(17-12-13)18(10-5-2)11-6-3/h4,7-8,12H,1,5-6,9-11H2,2-3H3,(H,16,19). The van der Waals surface area contributed by atoms with Crippen molar-refractivity contribution in [3.8, 4) is 0 Å². The second-order valence-electron chi connectivity index (χ2n) is 4.39. The number of anilines is 1. The van der Waals surface area contributed by atoms with Crippen LogP contribution >= 0.6 is 0 Å². The molecule has 104 valence electrons. The molecule has 0 aromatic carbocycles. The first-order chi connectivity index (χ1) is 9.22. The Labute approximate surface area is 115 Å². The third kappa shape index (κ3) is 4.73. The fourth-order valence-electron chi connectivity index (χ4n) is 1.86. The summed E-state index contributed by atoms with van der Waals surface area (Å²) in [6.45, 7) is 10.3. The Balaban J connectivity index is 2.73. The Kier molecular flexibility index (Phi) is 6.64. The van der Waals surface area contributed by atoms with E-state index in [4.69, 9.17) is 0 Å². The molecule has 1 aromatic heterocycles. The zero-order valence-corrected chi connectivity index (χ0v) is 11.9. The molecule has 1 heterocycles. The van der Waals surface area contributed by atoms with Gasteiger partial charge in [-0.2, -0.15) is 0 Å². The van der Waals surface area contributed by atoms with Gasteiger partial charge in [-0.15, -0.1) is 6.58 Å². The molecule has 0 spiro atoms. The number of carbonyl (C=O) groups excluding carboxylic acids is 1. The van der Waals surface area contributed by atoms with E-state index in [2.05, 4.69) is 35.6 Å². The minimum atomic E-state index is -0.114. The van der Waals surface area contributed by atoms with Crippen LogP contribution in [0.5, 0.6) is 0 Å². The van der Waals surface area contributed by atoms with Crippen LogP contribution in [0.3, 0.4) is 0 Å². The van der Waals surface area contributed by atoms with E-state index in [1.54, 1.807) is 12.3 Å². The Morgan fingerprint density at radius 2 is 2.05 bits per heavy atom. The van der Waals surface area contributed by atoms with Gasteiger partial charge in [0.25, 0.3) is 5.91 Å². The topological polar surface area (TPSA) is 45.2 Å². The van der Waals surface area contributed by atoms with E-state index >= 15 is 0 Å². The monoisotopic (exact) mass is 261 g/mol. The van der Waals surface area contributed by atoms with Gasteiger partial charge in [0.15, 0.2) is 0 Å². The van der Waals surface area contributed by atoms with Gasteiger partial charge < -0.3 is 10.2 Å². The lowest BCUT2D eigenvalue weighted by Gasteiger charge is -2.22. The Hall–Kier alpha value is -1.84. The van der Waals surface area contributed by atoms with Crippen LogP contribution in [0.2, 0.25) is 0 Å². The molecule has 1 aromatic rings. The van der Waals surface area contributed by atoms with E-state index in [-0.39, 0.29) is 5.91 Å². The molecule has 0 bridgehead atoms. The highest BCUT2D eigenvalue weighted by Gasteiger charge is 2.08. The molecule has 1 amide bonds. The van der Waals surface area contributed by atoms with Gasteiger partial charge in [0, 0.05) is 25.8 Å². The van der Waals surface area contributed by atoms with E-state index in [1.165, 1.54) is 0 Å². The summed E-state index contributed by atoms with van der Waals surface area (Å²) < 4.78 is 0. The van der Waals surface area contributed by atoms with Crippen molar-refractivity contribution in [1.29, 1.82) is 0 Å². The molecular formula is C15H23N3O. The maximum Gasteiger partial charge on any atom is 0.253 e. The summed E-state index contributed by atoms with van der Waals surface area (Å²) in [6.07, 6.45) is 5.46. The fraction of sp³-hybridized carbons (Fsp3) is 0.467. The fourth-order valence-corrected chi connectivity index (χ4v) is 1.86. The Morgan fingerprint density at radius 3 is 2.53 bits per heavy atom. The number of rotatable bonds is 8. The first kappa shape index (κ1) is 15.2.